The Morgan fingerprint density at radius 3 is 2.26 bits per heavy atom. The van der Waals surface area contributed by atoms with Gasteiger partial charge in [0, 0.05) is 5.92 Å². The van der Waals surface area contributed by atoms with Gasteiger partial charge >= 0.3 is 5.97 Å². The van der Waals surface area contributed by atoms with Crippen molar-refractivity contribution >= 4 is 40.8 Å². The zero-order valence-corrected chi connectivity index (χ0v) is 12.2. The van der Waals surface area contributed by atoms with Crippen LogP contribution in [0.4, 0.5) is 5.69 Å². The maximum atomic E-state index is 11.9. The number of hydrogen-bond acceptors (Lipinski definition) is 2. The minimum absolute atomic E-state index is 0.0189. The molecule has 0 spiro atoms. The molecule has 0 bridgehead atoms. The van der Waals surface area contributed by atoms with E-state index in [1.807, 2.05) is 13.8 Å². The molecule has 0 heterocycles. The van der Waals surface area contributed by atoms with Crippen molar-refractivity contribution in [1.82, 2.24) is 0 Å². The molecule has 0 fully saturated rings. The van der Waals surface area contributed by atoms with Crippen molar-refractivity contribution in [3.8, 4) is 0 Å². The Labute approximate surface area is 121 Å². The molecule has 104 valence electrons. The predicted octanol–water partition coefficient (Wildman–Crippen LogP) is 4.07. The first-order chi connectivity index (χ1) is 8.86. The van der Waals surface area contributed by atoms with Gasteiger partial charge in [-0.3, -0.25) is 4.79 Å². The summed E-state index contributed by atoms with van der Waals surface area (Å²) in [6.45, 7) is 3.80. The van der Waals surface area contributed by atoms with Crippen molar-refractivity contribution in [1.29, 1.82) is 0 Å². The number of carboxylic acid groups (broad SMARTS) is 1. The summed E-state index contributed by atoms with van der Waals surface area (Å²) in [4.78, 5) is 22.7. The van der Waals surface area contributed by atoms with Crippen LogP contribution in [0.2, 0.25) is 10.0 Å². The lowest BCUT2D eigenvalue weighted by atomic mass is 10.1. The predicted molar refractivity (Wildman–Crippen MR) is 76.1 cm³/mol. The van der Waals surface area contributed by atoms with Gasteiger partial charge in [0.15, 0.2) is 0 Å². The molecule has 0 saturated carbocycles. The fraction of sp³-hybridized carbons (Fsp3) is 0.385. The van der Waals surface area contributed by atoms with E-state index in [1.165, 1.54) is 12.1 Å². The maximum Gasteiger partial charge on any atom is 0.335 e. The number of benzene rings is 1. The van der Waals surface area contributed by atoms with Crippen LogP contribution in [0.1, 0.15) is 37.0 Å². The van der Waals surface area contributed by atoms with Gasteiger partial charge in [-0.05, 0) is 18.6 Å². The number of rotatable bonds is 5. The van der Waals surface area contributed by atoms with Crippen LogP contribution in [0, 0.1) is 5.92 Å². The summed E-state index contributed by atoms with van der Waals surface area (Å²) in [6.07, 6.45) is 1.66. The summed E-state index contributed by atoms with van der Waals surface area (Å²) >= 11 is 11.9. The second kappa shape index (κ2) is 6.78. The number of halogens is 2. The topological polar surface area (TPSA) is 66.4 Å². The molecule has 0 saturated heterocycles. The van der Waals surface area contributed by atoms with Gasteiger partial charge in [-0.15, -0.1) is 0 Å². The number of hydrogen-bond donors (Lipinski definition) is 2. The lowest BCUT2D eigenvalue weighted by Gasteiger charge is -2.14. The van der Waals surface area contributed by atoms with Gasteiger partial charge in [0.05, 0.1) is 21.3 Å². The van der Waals surface area contributed by atoms with E-state index in [0.717, 1.165) is 12.8 Å². The molecule has 0 radical (unpaired) electrons. The molecule has 0 aliphatic heterocycles. The zero-order chi connectivity index (χ0) is 14.6. The average molecular weight is 304 g/mol. The Morgan fingerprint density at radius 2 is 1.84 bits per heavy atom. The summed E-state index contributed by atoms with van der Waals surface area (Å²) in [6, 6.07) is 2.52. The Hall–Kier alpha value is -1.26. The highest BCUT2D eigenvalue weighted by Crippen LogP contribution is 2.32. The van der Waals surface area contributed by atoms with E-state index >= 15 is 0 Å². The van der Waals surface area contributed by atoms with E-state index in [1.54, 1.807) is 0 Å². The molecule has 1 unspecified atom stereocenters. The lowest BCUT2D eigenvalue weighted by Crippen LogP contribution is -2.20. The number of carbonyl (C=O) groups is 2. The van der Waals surface area contributed by atoms with Crippen LogP contribution < -0.4 is 5.32 Å². The Balaban J connectivity index is 2.96. The molecule has 1 rings (SSSR count). The van der Waals surface area contributed by atoms with E-state index in [-0.39, 0.29) is 33.1 Å². The number of nitrogens with one attached hydrogen (secondary N) is 1. The molecule has 19 heavy (non-hydrogen) atoms. The van der Waals surface area contributed by atoms with Crippen LogP contribution in [0.15, 0.2) is 12.1 Å². The number of carboxylic acids is 1. The standard InChI is InChI=1S/C13H15Cl2NO3/c1-3-4-7(2)12(17)16-11-9(14)5-8(13(18)19)6-10(11)15/h5-7H,3-4H2,1-2H3,(H,16,17)(H,18,19). The monoisotopic (exact) mass is 303 g/mol. The molecule has 0 aliphatic carbocycles. The van der Waals surface area contributed by atoms with Crippen molar-refractivity contribution in [2.24, 2.45) is 5.92 Å². The quantitative estimate of drug-likeness (QED) is 0.862. The Morgan fingerprint density at radius 1 is 1.32 bits per heavy atom. The molecule has 4 nitrogen and oxygen atoms in total. The Bertz CT molecular complexity index is 480. The van der Waals surface area contributed by atoms with Crippen LogP contribution in [-0.2, 0) is 4.79 Å². The van der Waals surface area contributed by atoms with E-state index in [2.05, 4.69) is 5.32 Å². The third kappa shape index (κ3) is 4.11. The highest BCUT2D eigenvalue weighted by Gasteiger charge is 2.17. The number of amides is 1. The normalized spacial score (nSPS) is 12.0. The average Bonchev–Trinajstić information content (AvgIpc) is 2.33. The SMILES string of the molecule is CCCC(C)C(=O)Nc1c(Cl)cc(C(=O)O)cc1Cl. The number of carbonyl (C=O) groups excluding carboxylic acids is 1. The first kappa shape index (κ1) is 15.8. The molecule has 1 aromatic carbocycles. The fourth-order valence-corrected chi connectivity index (χ4v) is 2.21. The van der Waals surface area contributed by atoms with Gasteiger partial charge in [0.1, 0.15) is 0 Å². The molecule has 2 N–H and O–H groups in total. The zero-order valence-electron chi connectivity index (χ0n) is 10.7. The molecule has 1 amide bonds. The number of anilines is 1. The smallest absolute Gasteiger partial charge is 0.335 e. The van der Waals surface area contributed by atoms with Gasteiger partial charge < -0.3 is 10.4 Å². The van der Waals surface area contributed by atoms with Crippen molar-refractivity contribution < 1.29 is 14.7 Å². The van der Waals surface area contributed by atoms with Crippen LogP contribution >= 0.6 is 23.2 Å². The molecule has 6 heteroatoms. The molecular formula is C13H15Cl2NO3. The third-order valence-electron chi connectivity index (χ3n) is 2.71. The first-order valence-electron chi connectivity index (χ1n) is 5.90. The first-order valence-corrected chi connectivity index (χ1v) is 6.65. The van der Waals surface area contributed by atoms with Gasteiger partial charge in [-0.1, -0.05) is 43.5 Å². The molecule has 0 aliphatic rings. The highest BCUT2D eigenvalue weighted by molar-refractivity contribution is 6.40. The van der Waals surface area contributed by atoms with Crippen LogP contribution in [-0.4, -0.2) is 17.0 Å². The molecule has 0 aromatic heterocycles. The van der Waals surface area contributed by atoms with Crippen LogP contribution in [0.5, 0.6) is 0 Å². The summed E-state index contributed by atoms with van der Waals surface area (Å²) in [5, 5.41) is 11.7. The van der Waals surface area contributed by atoms with Gasteiger partial charge in [-0.25, -0.2) is 4.79 Å². The van der Waals surface area contributed by atoms with Crippen LogP contribution in [0.25, 0.3) is 0 Å². The molecular weight excluding hydrogens is 289 g/mol. The summed E-state index contributed by atoms with van der Waals surface area (Å²) in [5.74, 6) is -1.47. The second-order valence-corrected chi connectivity index (χ2v) is 5.11. The Kier molecular flexibility index (Phi) is 5.63. The highest BCUT2D eigenvalue weighted by atomic mass is 35.5. The fourth-order valence-electron chi connectivity index (χ4n) is 1.63. The van der Waals surface area contributed by atoms with Crippen molar-refractivity contribution in [3.63, 3.8) is 0 Å². The number of aromatic carboxylic acids is 1. The van der Waals surface area contributed by atoms with E-state index in [4.69, 9.17) is 28.3 Å². The minimum Gasteiger partial charge on any atom is -0.478 e. The van der Waals surface area contributed by atoms with E-state index in [9.17, 15) is 9.59 Å². The minimum atomic E-state index is -1.12. The van der Waals surface area contributed by atoms with Crippen molar-refractivity contribution in [2.45, 2.75) is 26.7 Å². The second-order valence-electron chi connectivity index (χ2n) is 4.30. The van der Waals surface area contributed by atoms with Crippen LogP contribution in [0.3, 0.4) is 0 Å². The summed E-state index contributed by atoms with van der Waals surface area (Å²) < 4.78 is 0. The maximum absolute atomic E-state index is 11.9. The third-order valence-corrected chi connectivity index (χ3v) is 3.30. The summed E-state index contributed by atoms with van der Waals surface area (Å²) in [7, 11) is 0. The van der Waals surface area contributed by atoms with Gasteiger partial charge in [0.2, 0.25) is 5.91 Å². The molecule has 1 aromatic rings. The van der Waals surface area contributed by atoms with E-state index < -0.39 is 5.97 Å². The van der Waals surface area contributed by atoms with Crippen molar-refractivity contribution in [2.75, 3.05) is 5.32 Å². The lowest BCUT2D eigenvalue weighted by molar-refractivity contribution is -0.119. The largest absolute Gasteiger partial charge is 0.478 e. The van der Waals surface area contributed by atoms with Crippen molar-refractivity contribution in [3.05, 3.63) is 27.7 Å². The molecule has 1 atom stereocenters. The van der Waals surface area contributed by atoms with Gasteiger partial charge in [0.25, 0.3) is 0 Å². The summed E-state index contributed by atoms with van der Waals surface area (Å²) in [5.41, 5.74) is 0.232. The van der Waals surface area contributed by atoms with Gasteiger partial charge in [-0.2, -0.15) is 0 Å². The van der Waals surface area contributed by atoms with E-state index in [0.29, 0.717) is 0 Å².